The average molecular weight is 337 g/mol. The molecule has 1 rings (SSSR count). The Kier molecular flexibility index (Phi) is 7.85. The van der Waals surface area contributed by atoms with Crippen molar-refractivity contribution in [3.05, 3.63) is 35.6 Å². The highest BCUT2D eigenvalue weighted by atomic mass is 19.1. The van der Waals surface area contributed by atoms with Gasteiger partial charge in [-0.2, -0.15) is 0 Å². The zero-order chi connectivity index (χ0) is 18.3. The molecule has 5 nitrogen and oxygen atoms in total. The number of carbonyl (C=O) groups excluding carboxylic acids is 2. The Hall–Kier alpha value is -1.95. The van der Waals surface area contributed by atoms with Crippen molar-refractivity contribution in [3.63, 3.8) is 0 Å². The Morgan fingerprint density at radius 1 is 1.12 bits per heavy atom. The van der Waals surface area contributed by atoms with Crippen LogP contribution in [0.5, 0.6) is 0 Å². The molecule has 1 aromatic carbocycles. The van der Waals surface area contributed by atoms with Gasteiger partial charge in [0.15, 0.2) is 0 Å². The van der Waals surface area contributed by atoms with E-state index in [1.165, 1.54) is 12.1 Å². The maximum Gasteiger partial charge on any atom is 0.237 e. The Morgan fingerprint density at radius 3 is 2.17 bits per heavy atom. The van der Waals surface area contributed by atoms with E-state index < -0.39 is 6.04 Å². The predicted octanol–water partition coefficient (Wildman–Crippen LogP) is 2.19. The molecule has 134 valence electrons. The van der Waals surface area contributed by atoms with Crippen molar-refractivity contribution >= 4 is 11.8 Å². The van der Waals surface area contributed by atoms with Crippen molar-refractivity contribution in [1.29, 1.82) is 0 Å². The predicted molar refractivity (Wildman–Crippen MR) is 93.0 cm³/mol. The fourth-order valence-electron chi connectivity index (χ4n) is 2.40. The van der Waals surface area contributed by atoms with Crippen LogP contribution in [0.1, 0.15) is 39.3 Å². The fraction of sp³-hybridized carbons (Fsp3) is 0.556. The van der Waals surface area contributed by atoms with E-state index in [1.807, 2.05) is 20.8 Å². The molecule has 2 amide bonds. The summed E-state index contributed by atoms with van der Waals surface area (Å²) in [5, 5.41) is 2.90. The van der Waals surface area contributed by atoms with Gasteiger partial charge in [-0.15, -0.1) is 0 Å². The molecule has 0 heterocycles. The third-order valence-electron chi connectivity index (χ3n) is 4.27. The van der Waals surface area contributed by atoms with Gasteiger partial charge in [-0.05, 0) is 52.4 Å². The molecular weight excluding hydrogens is 309 g/mol. The molecule has 0 bridgehead atoms. The van der Waals surface area contributed by atoms with E-state index in [0.717, 1.165) is 5.56 Å². The molecule has 6 heteroatoms. The largest absolute Gasteiger partial charge is 0.348 e. The highest BCUT2D eigenvalue weighted by Crippen LogP contribution is 2.13. The van der Waals surface area contributed by atoms with Gasteiger partial charge in [0.05, 0.1) is 18.6 Å². The van der Waals surface area contributed by atoms with Crippen molar-refractivity contribution in [2.75, 3.05) is 26.7 Å². The van der Waals surface area contributed by atoms with Gasteiger partial charge in [-0.3, -0.25) is 14.5 Å². The molecule has 0 saturated carbocycles. The molecule has 0 fully saturated rings. The van der Waals surface area contributed by atoms with Crippen molar-refractivity contribution in [3.8, 4) is 0 Å². The number of hydrogen-bond donors (Lipinski definition) is 1. The first-order valence-electron chi connectivity index (χ1n) is 8.33. The van der Waals surface area contributed by atoms with Crippen LogP contribution in [-0.2, 0) is 9.59 Å². The molecule has 2 atom stereocenters. The highest BCUT2D eigenvalue weighted by molar-refractivity contribution is 5.83. The summed E-state index contributed by atoms with van der Waals surface area (Å²) < 4.78 is 13.0. The number of benzene rings is 1. The van der Waals surface area contributed by atoms with E-state index in [-0.39, 0.29) is 30.2 Å². The van der Waals surface area contributed by atoms with Gasteiger partial charge >= 0.3 is 0 Å². The van der Waals surface area contributed by atoms with E-state index in [4.69, 9.17) is 0 Å². The first-order valence-corrected chi connectivity index (χ1v) is 8.33. The Bertz CT molecular complexity index is 544. The third kappa shape index (κ3) is 5.60. The normalized spacial score (nSPS) is 13.5. The number of amides is 2. The van der Waals surface area contributed by atoms with Crippen molar-refractivity contribution in [1.82, 2.24) is 15.1 Å². The van der Waals surface area contributed by atoms with Crippen LogP contribution in [0.3, 0.4) is 0 Å². The fourth-order valence-corrected chi connectivity index (χ4v) is 2.40. The Labute approximate surface area is 143 Å². The number of rotatable bonds is 8. The molecule has 1 aromatic rings. The van der Waals surface area contributed by atoms with Gasteiger partial charge in [-0.25, -0.2) is 4.39 Å². The second kappa shape index (κ2) is 9.37. The molecule has 0 aliphatic carbocycles. The number of carbonyl (C=O) groups is 2. The first kappa shape index (κ1) is 20.1. The molecule has 1 N–H and O–H groups in total. The summed E-state index contributed by atoms with van der Waals surface area (Å²) in [7, 11) is 1.76. The molecule has 0 aliphatic heterocycles. The molecule has 0 aliphatic rings. The summed E-state index contributed by atoms with van der Waals surface area (Å²) in [6.07, 6.45) is 0. The standard InChI is InChI=1S/C18H28FN3O2/c1-6-22(7-2)17(23)12-21(5)14(4)18(24)20-13(3)15-8-10-16(19)11-9-15/h8-11,13-14H,6-7,12H2,1-5H3,(H,20,24). The van der Waals surface area contributed by atoms with E-state index in [2.05, 4.69) is 5.32 Å². The summed E-state index contributed by atoms with van der Waals surface area (Å²) in [4.78, 5) is 28.0. The number of hydrogen-bond acceptors (Lipinski definition) is 3. The lowest BCUT2D eigenvalue weighted by Crippen LogP contribution is -2.48. The lowest BCUT2D eigenvalue weighted by molar-refractivity contribution is -0.133. The zero-order valence-corrected chi connectivity index (χ0v) is 15.2. The van der Waals surface area contributed by atoms with Crippen molar-refractivity contribution in [2.45, 2.75) is 39.8 Å². The lowest BCUT2D eigenvalue weighted by atomic mass is 10.1. The number of likely N-dealkylation sites (N-methyl/N-ethyl adjacent to an activating group) is 2. The average Bonchev–Trinajstić information content (AvgIpc) is 2.55. The molecule has 2 unspecified atom stereocenters. The maximum atomic E-state index is 13.0. The van der Waals surface area contributed by atoms with Crippen LogP contribution in [0, 0.1) is 5.82 Å². The highest BCUT2D eigenvalue weighted by Gasteiger charge is 2.23. The van der Waals surface area contributed by atoms with Crippen LogP contribution in [0.4, 0.5) is 4.39 Å². The van der Waals surface area contributed by atoms with Crippen LogP contribution in [-0.4, -0.2) is 54.3 Å². The first-order chi connectivity index (χ1) is 11.3. The van der Waals surface area contributed by atoms with Gasteiger partial charge in [0, 0.05) is 13.1 Å². The second-order valence-corrected chi connectivity index (χ2v) is 5.94. The summed E-state index contributed by atoms with van der Waals surface area (Å²) in [5.74, 6) is -0.462. The number of halogens is 1. The molecule has 0 aromatic heterocycles. The van der Waals surface area contributed by atoms with Crippen molar-refractivity contribution in [2.24, 2.45) is 0 Å². The molecule has 0 spiro atoms. The van der Waals surface area contributed by atoms with Crippen LogP contribution in [0.25, 0.3) is 0 Å². The van der Waals surface area contributed by atoms with Crippen LogP contribution >= 0.6 is 0 Å². The van der Waals surface area contributed by atoms with Crippen LogP contribution < -0.4 is 5.32 Å². The molecule has 0 radical (unpaired) electrons. The van der Waals surface area contributed by atoms with Gasteiger partial charge in [0.1, 0.15) is 5.82 Å². The minimum absolute atomic E-state index is 0.00809. The van der Waals surface area contributed by atoms with Gasteiger partial charge in [0.2, 0.25) is 11.8 Å². The minimum atomic E-state index is -0.438. The van der Waals surface area contributed by atoms with E-state index >= 15 is 0 Å². The maximum absolute atomic E-state index is 13.0. The topological polar surface area (TPSA) is 52.7 Å². The summed E-state index contributed by atoms with van der Waals surface area (Å²) in [6.45, 7) is 8.99. The number of nitrogens with zero attached hydrogens (tertiary/aromatic N) is 2. The van der Waals surface area contributed by atoms with Gasteiger partial charge in [0.25, 0.3) is 0 Å². The smallest absolute Gasteiger partial charge is 0.237 e. The Morgan fingerprint density at radius 2 is 1.67 bits per heavy atom. The quantitative estimate of drug-likeness (QED) is 0.791. The number of nitrogens with one attached hydrogen (secondary N) is 1. The lowest BCUT2D eigenvalue weighted by Gasteiger charge is -2.27. The zero-order valence-electron chi connectivity index (χ0n) is 15.2. The van der Waals surface area contributed by atoms with Crippen LogP contribution in [0.2, 0.25) is 0 Å². The monoisotopic (exact) mass is 337 g/mol. The summed E-state index contributed by atoms with van der Waals surface area (Å²) in [5.41, 5.74) is 0.832. The van der Waals surface area contributed by atoms with Crippen LogP contribution in [0.15, 0.2) is 24.3 Å². The van der Waals surface area contributed by atoms with E-state index in [1.54, 1.807) is 35.9 Å². The van der Waals surface area contributed by atoms with Gasteiger partial charge in [-0.1, -0.05) is 12.1 Å². The van der Waals surface area contributed by atoms with E-state index in [9.17, 15) is 14.0 Å². The SMILES string of the molecule is CCN(CC)C(=O)CN(C)C(C)C(=O)NC(C)c1ccc(F)cc1. The summed E-state index contributed by atoms with van der Waals surface area (Å²) >= 11 is 0. The third-order valence-corrected chi connectivity index (χ3v) is 4.27. The Balaban J connectivity index is 2.59. The molecule has 24 heavy (non-hydrogen) atoms. The van der Waals surface area contributed by atoms with E-state index in [0.29, 0.717) is 13.1 Å². The second-order valence-electron chi connectivity index (χ2n) is 5.94. The van der Waals surface area contributed by atoms with Crippen molar-refractivity contribution < 1.29 is 14.0 Å². The summed E-state index contributed by atoms with van der Waals surface area (Å²) in [6, 6.07) is 5.38. The molecule has 0 saturated heterocycles. The minimum Gasteiger partial charge on any atom is -0.348 e. The molecular formula is C18H28FN3O2. The van der Waals surface area contributed by atoms with Gasteiger partial charge < -0.3 is 10.2 Å².